The van der Waals surface area contributed by atoms with Crippen LogP contribution in [0.3, 0.4) is 0 Å². The highest BCUT2D eigenvalue weighted by Crippen LogP contribution is 2.21. The monoisotopic (exact) mass is 276 g/mol. The van der Waals surface area contributed by atoms with Gasteiger partial charge in [0.15, 0.2) is 0 Å². The van der Waals surface area contributed by atoms with Crippen molar-refractivity contribution in [1.82, 2.24) is 15.3 Å². The Hall–Kier alpha value is -2.94. The van der Waals surface area contributed by atoms with E-state index in [0.29, 0.717) is 11.4 Å². The van der Waals surface area contributed by atoms with Gasteiger partial charge in [0.05, 0.1) is 34.7 Å². The Morgan fingerprint density at radius 3 is 2.90 bits per heavy atom. The Morgan fingerprint density at radius 1 is 1.50 bits per heavy atom. The van der Waals surface area contributed by atoms with Gasteiger partial charge in [0.25, 0.3) is 11.6 Å². The fourth-order valence-corrected chi connectivity index (χ4v) is 1.61. The zero-order valence-corrected chi connectivity index (χ0v) is 10.3. The highest BCUT2D eigenvalue weighted by Gasteiger charge is 2.16. The molecule has 1 heterocycles. The predicted octanol–water partition coefficient (Wildman–Crippen LogP) is 0.533. The van der Waals surface area contributed by atoms with Crippen molar-refractivity contribution in [3.8, 4) is 0 Å². The van der Waals surface area contributed by atoms with Gasteiger partial charge in [-0.2, -0.15) is 0 Å². The topological polar surface area (TPSA) is 139 Å². The number of non-ortho nitro benzene ring substituents is 1. The van der Waals surface area contributed by atoms with Gasteiger partial charge in [0.1, 0.15) is 0 Å². The second-order valence-electron chi connectivity index (χ2n) is 3.89. The number of rotatable bonds is 5. The molecule has 20 heavy (non-hydrogen) atoms. The van der Waals surface area contributed by atoms with E-state index in [-0.39, 0.29) is 17.8 Å². The molecule has 0 spiro atoms. The molecular formula is C11H12N6O3. The van der Waals surface area contributed by atoms with Gasteiger partial charge in [-0.3, -0.25) is 20.8 Å². The molecule has 5 N–H and O–H groups in total. The van der Waals surface area contributed by atoms with Crippen LogP contribution in [-0.2, 0) is 6.54 Å². The van der Waals surface area contributed by atoms with E-state index in [1.54, 1.807) is 6.20 Å². The van der Waals surface area contributed by atoms with Crippen LogP contribution in [0.5, 0.6) is 0 Å². The first-order valence-corrected chi connectivity index (χ1v) is 5.62. The lowest BCUT2D eigenvalue weighted by Gasteiger charge is -2.09. The minimum absolute atomic E-state index is 0.0983. The highest BCUT2D eigenvalue weighted by molar-refractivity contribution is 6.00. The smallest absolute Gasteiger partial charge is 0.270 e. The molecule has 2 rings (SSSR count). The van der Waals surface area contributed by atoms with Crippen molar-refractivity contribution in [2.75, 3.05) is 5.43 Å². The van der Waals surface area contributed by atoms with Crippen LogP contribution in [0.15, 0.2) is 30.7 Å². The average molecular weight is 276 g/mol. The number of anilines is 1. The number of nitrogens with two attached hydrogens (primary N) is 1. The molecule has 1 aromatic heterocycles. The van der Waals surface area contributed by atoms with Gasteiger partial charge in [-0.15, -0.1) is 0 Å². The number of aromatic amines is 1. The van der Waals surface area contributed by atoms with Crippen molar-refractivity contribution in [1.29, 1.82) is 0 Å². The fraction of sp³-hybridized carbons (Fsp3) is 0.0909. The van der Waals surface area contributed by atoms with Crippen molar-refractivity contribution < 1.29 is 9.72 Å². The third-order valence-corrected chi connectivity index (χ3v) is 2.61. The molecule has 0 atom stereocenters. The standard InChI is InChI=1S/C11H12N6O3/c12-16-10-2-1-8(17(19)20)3-9(10)11(18)14-5-7-4-13-6-15-7/h1-4,6,16H,5,12H2,(H,13,15)(H,14,18). The van der Waals surface area contributed by atoms with Crippen molar-refractivity contribution >= 4 is 17.3 Å². The normalized spacial score (nSPS) is 10.1. The SMILES string of the molecule is NNc1ccc([N+](=O)[O-])cc1C(=O)NCc1cnc[nH]1. The molecule has 0 saturated heterocycles. The van der Waals surface area contributed by atoms with Crippen molar-refractivity contribution in [2.24, 2.45) is 5.84 Å². The third kappa shape index (κ3) is 2.90. The largest absolute Gasteiger partial charge is 0.347 e. The first kappa shape index (κ1) is 13.5. The molecule has 2 aromatic rings. The van der Waals surface area contributed by atoms with Gasteiger partial charge in [0, 0.05) is 18.3 Å². The molecule has 1 amide bonds. The minimum atomic E-state index is -0.577. The van der Waals surface area contributed by atoms with Crippen LogP contribution in [0.1, 0.15) is 16.1 Å². The van der Waals surface area contributed by atoms with E-state index in [4.69, 9.17) is 5.84 Å². The first-order valence-electron chi connectivity index (χ1n) is 5.62. The van der Waals surface area contributed by atoms with Crippen LogP contribution < -0.4 is 16.6 Å². The number of aromatic nitrogens is 2. The number of benzene rings is 1. The maximum atomic E-state index is 12.0. The summed E-state index contributed by atoms with van der Waals surface area (Å²) in [5, 5.41) is 13.3. The summed E-state index contributed by atoms with van der Waals surface area (Å²) in [5.41, 5.74) is 3.26. The summed E-state index contributed by atoms with van der Waals surface area (Å²) in [6.07, 6.45) is 3.05. The van der Waals surface area contributed by atoms with E-state index in [1.807, 2.05) is 0 Å². The number of hydrazine groups is 1. The van der Waals surface area contributed by atoms with E-state index in [1.165, 1.54) is 18.5 Å². The molecule has 0 aliphatic carbocycles. The number of carbonyl (C=O) groups is 1. The van der Waals surface area contributed by atoms with Crippen LogP contribution in [0.25, 0.3) is 0 Å². The number of nitrogens with one attached hydrogen (secondary N) is 3. The number of nitro benzene ring substituents is 1. The number of hydrogen-bond donors (Lipinski definition) is 4. The predicted molar refractivity (Wildman–Crippen MR) is 70.7 cm³/mol. The molecule has 9 heteroatoms. The lowest BCUT2D eigenvalue weighted by Crippen LogP contribution is -2.25. The summed E-state index contributed by atoms with van der Waals surface area (Å²) >= 11 is 0. The number of nitrogens with zero attached hydrogens (tertiary/aromatic N) is 2. The molecule has 104 valence electrons. The molecule has 0 radical (unpaired) electrons. The Labute approximate surface area is 113 Å². The van der Waals surface area contributed by atoms with Gasteiger partial charge < -0.3 is 15.7 Å². The zero-order valence-electron chi connectivity index (χ0n) is 10.3. The number of carbonyl (C=O) groups excluding carboxylic acids is 1. The van der Waals surface area contributed by atoms with E-state index in [2.05, 4.69) is 20.7 Å². The summed E-state index contributed by atoms with van der Waals surface area (Å²) in [4.78, 5) is 28.8. The Bertz CT molecular complexity index is 625. The van der Waals surface area contributed by atoms with E-state index < -0.39 is 10.8 Å². The van der Waals surface area contributed by atoms with E-state index >= 15 is 0 Å². The van der Waals surface area contributed by atoms with E-state index in [9.17, 15) is 14.9 Å². The summed E-state index contributed by atoms with van der Waals surface area (Å²) in [5.74, 6) is 4.81. The Balaban J connectivity index is 2.18. The van der Waals surface area contributed by atoms with Crippen LogP contribution in [0.2, 0.25) is 0 Å². The minimum Gasteiger partial charge on any atom is -0.347 e. The molecule has 0 unspecified atom stereocenters. The van der Waals surface area contributed by atoms with Gasteiger partial charge in [-0.05, 0) is 6.07 Å². The number of hydrogen-bond acceptors (Lipinski definition) is 6. The number of nitro groups is 1. The van der Waals surface area contributed by atoms with Crippen molar-refractivity contribution in [3.05, 3.63) is 52.1 Å². The third-order valence-electron chi connectivity index (χ3n) is 2.61. The maximum absolute atomic E-state index is 12.0. The molecular weight excluding hydrogens is 264 g/mol. The van der Waals surface area contributed by atoms with Crippen LogP contribution in [0.4, 0.5) is 11.4 Å². The molecule has 0 saturated carbocycles. The van der Waals surface area contributed by atoms with Gasteiger partial charge in [-0.1, -0.05) is 0 Å². The number of amides is 1. The second kappa shape index (κ2) is 5.80. The molecule has 1 aromatic carbocycles. The zero-order chi connectivity index (χ0) is 14.5. The molecule has 0 fully saturated rings. The molecule has 9 nitrogen and oxygen atoms in total. The molecule has 0 bridgehead atoms. The average Bonchev–Trinajstić information content (AvgIpc) is 2.97. The Kier molecular flexibility index (Phi) is 3.91. The lowest BCUT2D eigenvalue weighted by molar-refractivity contribution is -0.384. The highest BCUT2D eigenvalue weighted by atomic mass is 16.6. The molecule has 0 aliphatic heterocycles. The number of H-pyrrole nitrogens is 1. The van der Waals surface area contributed by atoms with Crippen molar-refractivity contribution in [3.63, 3.8) is 0 Å². The summed E-state index contributed by atoms with van der Waals surface area (Å²) in [7, 11) is 0. The van der Waals surface area contributed by atoms with Gasteiger partial charge in [-0.25, -0.2) is 4.98 Å². The van der Waals surface area contributed by atoms with Gasteiger partial charge >= 0.3 is 0 Å². The maximum Gasteiger partial charge on any atom is 0.270 e. The summed E-state index contributed by atoms with van der Waals surface area (Å²) < 4.78 is 0. The van der Waals surface area contributed by atoms with E-state index in [0.717, 1.165) is 6.07 Å². The summed E-state index contributed by atoms with van der Waals surface area (Å²) in [6.45, 7) is 0.228. The first-order chi connectivity index (χ1) is 9.61. The lowest BCUT2D eigenvalue weighted by atomic mass is 10.1. The van der Waals surface area contributed by atoms with Crippen LogP contribution in [-0.4, -0.2) is 20.8 Å². The van der Waals surface area contributed by atoms with Crippen LogP contribution in [0, 0.1) is 10.1 Å². The fourth-order valence-electron chi connectivity index (χ4n) is 1.61. The summed E-state index contributed by atoms with van der Waals surface area (Å²) in [6, 6.07) is 3.81. The second-order valence-corrected chi connectivity index (χ2v) is 3.89. The molecule has 0 aliphatic rings. The number of nitrogen functional groups attached to an aromatic ring is 1. The number of imidazole rings is 1. The Morgan fingerprint density at radius 2 is 2.30 bits per heavy atom. The van der Waals surface area contributed by atoms with Crippen LogP contribution >= 0.6 is 0 Å². The van der Waals surface area contributed by atoms with Gasteiger partial charge in [0.2, 0.25) is 0 Å². The van der Waals surface area contributed by atoms with Crippen molar-refractivity contribution in [2.45, 2.75) is 6.54 Å². The quantitative estimate of drug-likeness (QED) is 0.357.